The molecule has 0 aliphatic carbocycles. The summed E-state index contributed by atoms with van der Waals surface area (Å²) in [5.41, 5.74) is 0.763. The number of benzene rings is 3. The molecule has 1 heterocycles. The van der Waals surface area contributed by atoms with Gasteiger partial charge in [-0.15, -0.1) is 0 Å². The Morgan fingerprint density at radius 2 is 1.68 bits per heavy atom. The summed E-state index contributed by atoms with van der Waals surface area (Å²) >= 11 is 0. The topological polar surface area (TPSA) is 125 Å². The van der Waals surface area contributed by atoms with Crippen LogP contribution in [0, 0.1) is 5.92 Å². The highest BCUT2D eigenvalue weighted by Gasteiger charge is 2.35. The van der Waals surface area contributed by atoms with Crippen molar-refractivity contribution in [2.45, 2.75) is 70.5 Å². The monoisotopic (exact) mass is 598 g/mol. The van der Waals surface area contributed by atoms with Gasteiger partial charge in [-0.3, -0.25) is 19.2 Å². The largest absolute Gasteiger partial charge is 0.356 e. The minimum atomic E-state index is -0.972. The standard InChI is InChI=1S/C35H42N4O5/c1-23(2)39(28(22-40)19-26-17-18-36-32(26)42)31(41)21-37-33(43)30(20-25-13-10-12-24-11-8-9-16-29(24)25)38-34(44)35(3,4)27-14-6-5-7-15-27/h5-16,22-23,26,28,30H,17-21H2,1-4H3,(H,36,42)(H,37,43)(H,38,44). The molecule has 0 spiro atoms. The molecule has 1 aliphatic rings. The number of hydrogen-bond acceptors (Lipinski definition) is 5. The minimum Gasteiger partial charge on any atom is -0.356 e. The number of aldehydes is 1. The van der Waals surface area contributed by atoms with Gasteiger partial charge in [-0.05, 0) is 62.4 Å². The van der Waals surface area contributed by atoms with Gasteiger partial charge in [0.15, 0.2) is 0 Å². The van der Waals surface area contributed by atoms with E-state index < -0.39 is 29.3 Å². The zero-order chi connectivity index (χ0) is 31.9. The van der Waals surface area contributed by atoms with Gasteiger partial charge in [0.2, 0.25) is 23.6 Å². The molecule has 232 valence electrons. The summed E-state index contributed by atoms with van der Waals surface area (Å²) in [6.07, 6.45) is 1.73. The molecule has 44 heavy (non-hydrogen) atoms. The number of carbonyl (C=O) groups is 5. The fraction of sp³-hybridized carbons (Fsp3) is 0.400. The Kier molecular flexibility index (Phi) is 10.5. The van der Waals surface area contributed by atoms with Gasteiger partial charge in [-0.25, -0.2) is 0 Å². The summed E-state index contributed by atoms with van der Waals surface area (Å²) in [6, 6.07) is 20.9. The molecule has 0 radical (unpaired) electrons. The van der Waals surface area contributed by atoms with Crippen LogP contribution in [0.3, 0.4) is 0 Å². The van der Waals surface area contributed by atoms with E-state index in [1.54, 1.807) is 27.7 Å². The first-order valence-electron chi connectivity index (χ1n) is 15.2. The van der Waals surface area contributed by atoms with Gasteiger partial charge in [0.1, 0.15) is 12.3 Å². The van der Waals surface area contributed by atoms with E-state index in [0.29, 0.717) is 19.3 Å². The Balaban J connectivity index is 1.54. The van der Waals surface area contributed by atoms with Crippen LogP contribution < -0.4 is 16.0 Å². The second kappa shape index (κ2) is 14.3. The molecular weight excluding hydrogens is 556 g/mol. The number of rotatable bonds is 13. The smallest absolute Gasteiger partial charge is 0.243 e. The fourth-order valence-corrected chi connectivity index (χ4v) is 5.85. The quantitative estimate of drug-likeness (QED) is 0.261. The number of fused-ring (bicyclic) bond motifs is 1. The molecule has 3 aromatic carbocycles. The number of nitrogens with zero attached hydrogens (tertiary/aromatic N) is 1. The van der Waals surface area contributed by atoms with E-state index in [2.05, 4.69) is 16.0 Å². The lowest BCUT2D eigenvalue weighted by atomic mass is 9.83. The zero-order valence-electron chi connectivity index (χ0n) is 25.8. The van der Waals surface area contributed by atoms with Crippen LogP contribution in [0.2, 0.25) is 0 Å². The highest BCUT2D eigenvalue weighted by atomic mass is 16.2. The lowest BCUT2D eigenvalue weighted by Gasteiger charge is -2.33. The summed E-state index contributed by atoms with van der Waals surface area (Å²) in [7, 11) is 0. The summed E-state index contributed by atoms with van der Waals surface area (Å²) in [5, 5.41) is 10.4. The third-order valence-corrected chi connectivity index (χ3v) is 8.45. The van der Waals surface area contributed by atoms with E-state index in [0.717, 1.165) is 21.9 Å². The van der Waals surface area contributed by atoms with Crippen LogP contribution in [0.5, 0.6) is 0 Å². The van der Waals surface area contributed by atoms with E-state index in [1.165, 1.54) is 4.90 Å². The normalized spacial score (nSPS) is 16.2. The molecule has 0 bridgehead atoms. The van der Waals surface area contributed by atoms with Gasteiger partial charge in [0.05, 0.1) is 18.0 Å². The summed E-state index contributed by atoms with van der Waals surface area (Å²) in [6.45, 7) is 7.38. The van der Waals surface area contributed by atoms with Crippen molar-refractivity contribution in [2.75, 3.05) is 13.1 Å². The Hall–Kier alpha value is -4.53. The molecule has 3 aromatic rings. The second-order valence-electron chi connectivity index (χ2n) is 12.2. The van der Waals surface area contributed by atoms with Crippen LogP contribution in [-0.2, 0) is 35.8 Å². The van der Waals surface area contributed by atoms with Gasteiger partial charge in [-0.2, -0.15) is 0 Å². The lowest BCUT2D eigenvalue weighted by Crippen LogP contribution is -2.55. The summed E-state index contributed by atoms with van der Waals surface area (Å²) in [4.78, 5) is 66.4. The molecule has 9 nitrogen and oxygen atoms in total. The molecule has 3 unspecified atom stereocenters. The Labute approximate surface area is 258 Å². The lowest BCUT2D eigenvalue weighted by molar-refractivity contribution is -0.140. The number of carbonyl (C=O) groups excluding carboxylic acids is 5. The van der Waals surface area contributed by atoms with Crippen molar-refractivity contribution in [1.82, 2.24) is 20.9 Å². The first kappa shape index (κ1) is 32.4. The van der Waals surface area contributed by atoms with E-state index in [9.17, 15) is 24.0 Å². The van der Waals surface area contributed by atoms with E-state index in [-0.39, 0.29) is 43.2 Å². The van der Waals surface area contributed by atoms with Crippen molar-refractivity contribution in [1.29, 1.82) is 0 Å². The molecule has 1 saturated heterocycles. The Bertz CT molecular complexity index is 1500. The number of hydrogen-bond donors (Lipinski definition) is 3. The van der Waals surface area contributed by atoms with Gasteiger partial charge in [0, 0.05) is 24.9 Å². The first-order valence-corrected chi connectivity index (χ1v) is 15.2. The maximum absolute atomic E-state index is 13.7. The van der Waals surface area contributed by atoms with Crippen LogP contribution >= 0.6 is 0 Å². The first-order chi connectivity index (χ1) is 21.0. The second-order valence-corrected chi connectivity index (χ2v) is 12.2. The van der Waals surface area contributed by atoms with E-state index in [1.807, 2.05) is 72.8 Å². The van der Waals surface area contributed by atoms with Gasteiger partial charge >= 0.3 is 0 Å². The van der Waals surface area contributed by atoms with Crippen molar-refractivity contribution in [3.63, 3.8) is 0 Å². The van der Waals surface area contributed by atoms with E-state index >= 15 is 0 Å². The molecule has 1 fully saturated rings. The van der Waals surface area contributed by atoms with Crippen LogP contribution in [0.15, 0.2) is 72.8 Å². The average Bonchev–Trinajstić information content (AvgIpc) is 3.43. The molecule has 1 aliphatic heterocycles. The molecule has 3 atom stereocenters. The number of nitrogens with one attached hydrogen (secondary N) is 3. The van der Waals surface area contributed by atoms with Crippen LogP contribution in [0.1, 0.15) is 51.7 Å². The third-order valence-electron chi connectivity index (χ3n) is 8.45. The van der Waals surface area contributed by atoms with Crippen molar-refractivity contribution in [3.05, 3.63) is 83.9 Å². The molecular formula is C35H42N4O5. The number of amides is 4. The predicted octanol–water partition coefficient (Wildman–Crippen LogP) is 3.29. The fourth-order valence-electron chi connectivity index (χ4n) is 5.85. The van der Waals surface area contributed by atoms with Crippen molar-refractivity contribution >= 4 is 40.7 Å². The molecule has 9 heteroatoms. The van der Waals surface area contributed by atoms with Gasteiger partial charge < -0.3 is 25.6 Å². The van der Waals surface area contributed by atoms with Crippen molar-refractivity contribution < 1.29 is 24.0 Å². The van der Waals surface area contributed by atoms with Crippen LogP contribution in [0.4, 0.5) is 0 Å². The molecule has 0 saturated carbocycles. The molecule has 4 rings (SSSR count). The van der Waals surface area contributed by atoms with Gasteiger partial charge in [0.25, 0.3) is 0 Å². The third kappa shape index (κ3) is 7.51. The van der Waals surface area contributed by atoms with Crippen molar-refractivity contribution in [3.8, 4) is 0 Å². The summed E-state index contributed by atoms with van der Waals surface area (Å²) in [5.74, 6) is -1.74. The molecule has 4 amide bonds. The maximum Gasteiger partial charge on any atom is 0.243 e. The summed E-state index contributed by atoms with van der Waals surface area (Å²) < 4.78 is 0. The SMILES string of the molecule is CC(C)N(C(=O)CNC(=O)C(Cc1cccc2ccccc12)NC(=O)C(C)(C)c1ccccc1)C(C=O)CC1CCNC1=O. The van der Waals surface area contributed by atoms with Crippen LogP contribution in [-0.4, -0.2) is 66.0 Å². The van der Waals surface area contributed by atoms with E-state index in [4.69, 9.17) is 0 Å². The van der Waals surface area contributed by atoms with Crippen molar-refractivity contribution in [2.24, 2.45) is 5.92 Å². The highest BCUT2D eigenvalue weighted by Crippen LogP contribution is 2.25. The van der Waals surface area contributed by atoms with Crippen LogP contribution in [0.25, 0.3) is 10.8 Å². The Morgan fingerprint density at radius 3 is 2.34 bits per heavy atom. The Morgan fingerprint density at radius 1 is 1.00 bits per heavy atom. The predicted molar refractivity (Wildman–Crippen MR) is 170 cm³/mol. The minimum absolute atomic E-state index is 0.119. The zero-order valence-corrected chi connectivity index (χ0v) is 25.8. The average molecular weight is 599 g/mol. The molecule has 3 N–H and O–H groups in total. The molecule has 0 aromatic heterocycles. The highest BCUT2D eigenvalue weighted by molar-refractivity contribution is 5.95. The van der Waals surface area contributed by atoms with Gasteiger partial charge in [-0.1, -0.05) is 72.8 Å². The maximum atomic E-state index is 13.7.